The van der Waals surface area contributed by atoms with Gasteiger partial charge in [0.1, 0.15) is 35.8 Å². The Labute approximate surface area is 608 Å². The van der Waals surface area contributed by atoms with Crippen LogP contribution in [0.3, 0.4) is 0 Å². The first-order valence-corrected chi connectivity index (χ1v) is 38.1. The first kappa shape index (κ1) is 90.9. The summed E-state index contributed by atoms with van der Waals surface area (Å²) in [6, 6.07) is 5.46. The molecule has 1 aliphatic rings. The van der Waals surface area contributed by atoms with E-state index in [9.17, 15) is 51.6 Å². The molecule has 1 aromatic carbocycles. The number of carbonyl (C=O) groups is 9. The Balaban J connectivity index is 1.50. The number of ketones is 4. The van der Waals surface area contributed by atoms with Crippen molar-refractivity contribution in [3.63, 3.8) is 0 Å². The summed E-state index contributed by atoms with van der Waals surface area (Å²) < 4.78 is 88.6. The number of amides is 6. The molecule has 0 radical (unpaired) electrons. The fourth-order valence-electron chi connectivity index (χ4n) is 10.6. The van der Waals surface area contributed by atoms with E-state index >= 15 is 0 Å². The van der Waals surface area contributed by atoms with E-state index in [2.05, 4.69) is 36.9 Å². The van der Waals surface area contributed by atoms with Gasteiger partial charge in [0.15, 0.2) is 5.78 Å². The minimum Gasteiger partial charge on any atom is -0.379 e. The lowest BCUT2D eigenvalue weighted by atomic mass is 9.88. The number of nitrogens with two attached hydrogens (primary N) is 1. The van der Waals surface area contributed by atoms with E-state index in [-0.39, 0.29) is 152 Å². The molecule has 0 bridgehead atoms. The van der Waals surface area contributed by atoms with Crippen LogP contribution in [0, 0.1) is 23.7 Å². The van der Waals surface area contributed by atoms with Crippen LogP contribution in [0.15, 0.2) is 24.3 Å². The topological polar surface area (TPSA) is 417 Å². The van der Waals surface area contributed by atoms with Gasteiger partial charge in [0, 0.05) is 94.6 Å². The normalized spacial score (nSPS) is 14.1. The molecule has 0 fully saturated rings. The molecule has 0 saturated heterocycles. The van der Waals surface area contributed by atoms with Crippen LogP contribution in [0.25, 0.3) is 0 Å². The second-order valence-corrected chi connectivity index (χ2v) is 27.8. The Bertz CT molecular complexity index is 2880. The van der Waals surface area contributed by atoms with Crippen molar-refractivity contribution in [1.29, 1.82) is 0 Å². The quantitative estimate of drug-likeness (QED) is 0.0326. The van der Waals surface area contributed by atoms with Crippen LogP contribution in [0.5, 0.6) is 0 Å². The van der Waals surface area contributed by atoms with Gasteiger partial charge in [-0.2, -0.15) is 8.42 Å². The molecule has 586 valence electrons. The van der Waals surface area contributed by atoms with E-state index in [4.69, 9.17) is 57.7 Å². The van der Waals surface area contributed by atoms with Gasteiger partial charge in [-0.05, 0) is 88.8 Å². The molecule has 31 nitrogen and oxygen atoms in total. The fourth-order valence-corrected chi connectivity index (χ4v) is 11.0. The minimum absolute atomic E-state index is 0.0183. The van der Waals surface area contributed by atoms with Crippen molar-refractivity contribution in [1.82, 2.24) is 36.3 Å². The Morgan fingerprint density at radius 1 is 0.583 bits per heavy atom. The average molecular weight is 1480 g/mol. The average Bonchev–Trinajstić information content (AvgIpc) is 1.71. The van der Waals surface area contributed by atoms with Crippen molar-refractivity contribution < 1.29 is 103 Å². The summed E-state index contributed by atoms with van der Waals surface area (Å²) in [5, 5.41) is 22.6. The minimum atomic E-state index is -4.14. The molecule has 0 spiro atoms. The number of primary amides is 1. The molecule has 6 amide bonds. The molecule has 32 heteroatoms. The molecule has 1 unspecified atom stereocenters. The van der Waals surface area contributed by atoms with E-state index in [1.807, 2.05) is 44.5 Å². The van der Waals surface area contributed by atoms with Gasteiger partial charge in [-0.3, -0.25) is 42.9 Å². The van der Waals surface area contributed by atoms with E-state index in [0.717, 1.165) is 36.9 Å². The Kier molecular flexibility index (Phi) is 48.7. The first-order chi connectivity index (χ1) is 49.4. The third-order valence-corrected chi connectivity index (χ3v) is 17.2. The number of hydrogen-bond donors (Lipinski definition) is 7. The molecule has 8 N–H and O–H groups in total. The molecule has 103 heavy (non-hydrogen) atoms. The highest BCUT2D eigenvalue weighted by molar-refractivity contribution is 7.85. The lowest BCUT2D eigenvalue weighted by molar-refractivity contribution is -0.134. The largest absolute Gasteiger partial charge is 0.379 e. The number of ether oxygens (including phenoxy) is 10. The van der Waals surface area contributed by atoms with Gasteiger partial charge in [-0.25, -0.2) is 9.48 Å². The highest BCUT2D eigenvalue weighted by Gasteiger charge is 2.33. The van der Waals surface area contributed by atoms with Gasteiger partial charge < -0.3 is 79.7 Å². The zero-order chi connectivity index (χ0) is 75.5. The van der Waals surface area contributed by atoms with Gasteiger partial charge in [0.05, 0.1) is 136 Å². The maximum absolute atomic E-state index is 14.4. The lowest BCUT2D eigenvalue weighted by Crippen LogP contribution is -2.48. The second-order valence-electron chi connectivity index (χ2n) is 26.2. The van der Waals surface area contributed by atoms with Crippen molar-refractivity contribution in [2.24, 2.45) is 29.4 Å². The smallest absolute Gasteiger partial charge is 0.312 e. The summed E-state index contributed by atoms with van der Waals surface area (Å²) in [6.45, 7) is 16.7. The predicted octanol–water partition coefficient (Wildman–Crippen LogP) is 5.31. The van der Waals surface area contributed by atoms with Crippen LogP contribution in [0.4, 0.5) is 10.5 Å². The van der Waals surface area contributed by atoms with Crippen molar-refractivity contribution in [2.75, 3.05) is 143 Å². The number of carbonyl (C=O) groups excluding carboxylic acids is 9. The highest BCUT2D eigenvalue weighted by Crippen LogP contribution is 2.29. The van der Waals surface area contributed by atoms with Gasteiger partial charge in [-0.15, -0.1) is 5.10 Å². The molecule has 2 aromatic rings. The number of unbranched alkanes of at least 4 members (excludes halogenated alkanes) is 1. The number of rotatable bonds is 63. The number of hydrogen-bond acceptors (Lipinski definition) is 23. The summed E-state index contributed by atoms with van der Waals surface area (Å²) in [7, 11) is -4.14. The molecule has 0 aliphatic heterocycles. The van der Waals surface area contributed by atoms with Gasteiger partial charge >= 0.3 is 6.03 Å². The zero-order valence-electron chi connectivity index (χ0n) is 61.7. The molecule has 1 aromatic heterocycles. The summed E-state index contributed by atoms with van der Waals surface area (Å²) in [6.07, 6.45) is 6.67. The van der Waals surface area contributed by atoms with Crippen LogP contribution >= 0.6 is 0 Å². The molecule has 0 saturated carbocycles. The lowest BCUT2D eigenvalue weighted by Gasteiger charge is -2.26. The van der Waals surface area contributed by atoms with Gasteiger partial charge in [0.25, 0.3) is 10.1 Å². The highest BCUT2D eigenvalue weighted by atomic mass is 32.2. The standard InChI is InChI=1S/C71H119N9O22S/c1-52(2)62(83)24-23-59(81)16-13-31-93-35-39-97-43-44-98-40-36-94-32-25-60(82)48-56(70(88)77-67(53(3)4)63(84)49-57(15-12-28-75-71(72)89)69(87)76-58-21-19-55(20-22-58)50-101-54(5)6)14-10-11-27-73-66(86)51-102-64-18-9-7-8-17-61-68(64)78-79-80(61)30-34-96-38-42-100-46-45-99-41-37-95-33-26-65(85)74-29-47-103(90,91)92/h19-22,52-54,56-57,64,67H,7-18,23-51H2,1-6H3,(H,73,86)(H,74,85)(H,76,87)(H,77,88)(H3,72,75,89)(H,90,91,92)/t56-,57+,64?,67-/m0/s1. The third kappa shape index (κ3) is 45.0. The number of aromatic nitrogens is 3. The fraction of sp³-hybridized carbons (Fsp3) is 0.761. The third-order valence-electron chi connectivity index (χ3n) is 16.5. The van der Waals surface area contributed by atoms with Crippen LogP contribution in [-0.4, -0.2) is 231 Å². The van der Waals surface area contributed by atoms with Gasteiger partial charge in [-0.1, -0.05) is 64.3 Å². The SMILES string of the molecule is CC(C)OCc1ccc(NC(=O)[C@H](CCCNC(N)=O)CC(=O)[C@@H](NC(=O)[C@@H](CCCCNC(=O)COC2CCCCCc3c2nnn3CCOCCOCCOCCOCCC(=O)NCCS(=O)(=O)O)CC(=O)CCOCCOCCOCCOCCCC(=O)CCC(=O)C(C)C)C(C)C)cc1. The Hall–Kier alpha value is -6.30. The van der Waals surface area contributed by atoms with E-state index in [1.54, 1.807) is 26.0 Å². The number of Topliss-reactive ketones (excluding diaryl/α,β-unsaturated/α-hetero) is 4. The van der Waals surface area contributed by atoms with Crippen molar-refractivity contribution in [2.45, 2.75) is 189 Å². The van der Waals surface area contributed by atoms with E-state index < -0.39 is 69.5 Å². The molecular weight excluding hydrogens is 1360 g/mol. The molecule has 1 heterocycles. The van der Waals surface area contributed by atoms with Crippen LogP contribution in [0.2, 0.25) is 0 Å². The van der Waals surface area contributed by atoms with E-state index in [1.165, 1.54) is 0 Å². The number of nitrogens with zero attached hydrogens (tertiary/aromatic N) is 3. The van der Waals surface area contributed by atoms with Crippen LogP contribution in [-0.2, 0) is 115 Å². The number of anilines is 1. The monoisotopic (exact) mass is 1480 g/mol. The predicted molar refractivity (Wildman–Crippen MR) is 381 cm³/mol. The maximum Gasteiger partial charge on any atom is 0.312 e. The number of benzene rings is 1. The second kappa shape index (κ2) is 55.2. The summed E-state index contributed by atoms with van der Waals surface area (Å²) >= 11 is 0. The summed E-state index contributed by atoms with van der Waals surface area (Å²) in [4.78, 5) is 116. The van der Waals surface area contributed by atoms with Crippen LogP contribution in [0.1, 0.15) is 174 Å². The molecule has 3 rings (SSSR count). The zero-order valence-corrected chi connectivity index (χ0v) is 62.5. The Morgan fingerprint density at radius 3 is 1.76 bits per heavy atom. The van der Waals surface area contributed by atoms with Crippen molar-refractivity contribution >= 4 is 68.6 Å². The molecule has 1 aliphatic carbocycles. The number of nitrogens with one attached hydrogen (secondary N) is 5. The summed E-state index contributed by atoms with van der Waals surface area (Å²) in [5.41, 5.74) is 8.35. The molecular formula is C71H119N9O22S. The summed E-state index contributed by atoms with van der Waals surface area (Å²) in [5.74, 6) is -4.81. The first-order valence-electron chi connectivity index (χ1n) is 36.5. The van der Waals surface area contributed by atoms with Crippen molar-refractivity contribution in [3.8, 4) is 0 Å². The maximum atomic E-state index is 14.4. The Morgan fingerprint density at radius 2 is 1.16 bits per heavy atom. The number of fused-ring (bicyclic) bond motifs is 1. The van der Waals surface area contributed by atoms with E-state index in [0.29, 0.717) is 136 Å². The van der Waals surface area contributed by atoms with Gasteiger partial charge in [0.2, 0.25) is 23.6 Å². The van der Waals surface area contributed by atoms with Crippen molar-refractivity contribution in [3.05, 3.63) is 41.2 Å². The number of urea groups is 1. The molecule has 4 atom stereocenters. The van der Waals surface area contributed by atoms with Crippen LogP contribution < -0.4 is 32.3 Å².